The van der Waals surface area contributed by atoms with Gasteiger partial charge in [-0.15, -0.1) is 0 Å². The van der Waals surface area contributed by atoms with Crippen LogP contribution >= 0.6 is 11.6 Å². The van der Waals surface area contributed by atoms with Gasteiger partial charge in [0.25, 0.3) is 0 Å². The molecule has 0 saturated heterocycles. The van der Waals surface area contributed by atoms with Crippen molar-refractivity contribution in [2.75, 3.05) is 5.32 Å². The number of ether oxygens (including phenoxy) is 1. The highest BCUT2D eigenvalue weighted by Crippen LogP contribution is 2.24. The Balaban J connectivity index is 1.87. The molecule has 0 aromatic heterocycles. The number of nitrogens with one attached hydrogen (secondary N) is 2. The first-order valence-corrected chi connectivity index (χ1v) is 11.2. The standard InChI is InChI=1S/C27H27ClN2O4/c1-27(2,3)34-26(33)30-23(16-18-10-6-4-7-11-18)25(32)29-22-15-14-20(28)17-21(22)24(31)19-12-8-5-9-13-19/h4-15,17,23H,16H2,1-3H3,(H,29,32)(H,30,33). The lowest BCUT2D eigenvalue weighted by atomic mass is 10.0. The molecule has 0 heterocycles. The van der Waals surface area contributed by atoms with E-state index in [0.29, 0.717) is 16.3 Å². The normalized spacial score (nSPS) is 11.9. The predicted octanol–water partition coefficient (Wildman–Crippen LogP) is 5.65. The van der Waals surface area contributed by atoms with Gasteiger partial charge in [0, 0.05) is 22.6 Å². The Morgan fingerprint density at radius 2 is 1.53 bits per heavy atom. The summed E-state index contributed by atoms with van der Waals surface area (Å²) in [6.07, 6.45) is -0.471. The minimum atomic E-state index is -0.937. The molecule has 3 rings (SSSR count). The second-order valence-electron chi connectivity index (χ2n) is 8.76. The van der Waals surface area contributed by atoms with Gasteiger partial charge in [-0.25, -0.2) is 4.79 Å². The van der Waals surface area contributed by atoms with E-state index in [1.165, 1.54) is 6.07 Å². The molecule has 0 aliphatic rings. The highest BCUT2D eigenvalue weighted by molar-refractivity contribution is 6.31. The van der Waals surface area contributed by atoms with Crippen molar-refractivity contribution in [3.05, 3.63) is 101 Å². The van der Waals surface area contributed by atoms with Crippen molar-refractivity contribution in [1.29, 1.82) is 0 Å². The number of amides is 2. The molecule has 2 amide bonds. The molecular weight excluding hydrogens is 452 g/mol. The van der Waals surface area contributed by atoms with Crippen LogP contribution in [-0.2, 0) is 16.0 Å². The van der Waals surface area contributed by atoms with Crippen molar-refractivity contribution in [3.8, 4) is 0 Å². The minimum absolute atomic E-state index is 0.238. The summed E-state index contributed by atoms with van der Waals surface area (Å²) in [6, 6.07) is 21.8. The molecule has 0 bridgehead atoms. The number of halogens is 1. The highest BCUT2D eigenvalue weighted by Gasteiger charge is 2.26. The smallest absolute Gasteiger partial charge is 0.408 e. The number of hydrogen-bond donors (Lipinski definition) is 2. The molecule has 2 N–H and O–H groups in total. The van der Waals surface area contributed by atoms with E-state index < -0.39 is 23.6 Å². The van der Waals surface area contributed by atoms with E-state index in [2.05, 4.69) is 10.6 Å². The van der Waals surface area contributed by atoms with Gasteiger partial charge in [-0.2, -0.15) is 0 Å². The molecule has 176 valence electrons. The third-order valence-electron chi connectivity index (χ3n) is 4.81. The van der Waals surface area contributed by atoms with Crippen LogP contribution in [0.2, 0.25) is 5.02 Å². The van der Waals surface area contributed by atoms with Crippen molar-refractivity contribution >= 4 is 35.1 Å². The molecule has 3 aromatic rings. The van der Waals surface area contributed by atoms with Gasteiger partial charge in [0.2, 0.25) is 5.91 Å². The summed E-state index contributed by atoms with van der Waals surface area (Å²) in [5.41, 5.74) is 1.15. The maximum absolute atomic E-state index is 13.3. The van der Waals surface area contributed by atoms with E-state index in [-0.39, 0.29) is 17.8 Å². The molecule has 0 aliphatic heterocycles. The number of ketones is 1. The summed E-state index contributed by atoms with van der Waals surface area (Å²) in [5, 5.41) is 5.80. The molecule has 7 heteroatoms. The number of benzene rings is 3. The number of hydrogen-bond acceptors (Lipinski definition) is 4. The van der Waals surface area contributed by atoms with E-state index in [1.54, 1.807) is 57.2 Å². The topological polar surface area (TPSA) is 84.5 Å². The molecule has 0 spiro atoms. The zero-order valence-corrected chi connectivity index (χ0v) is 20.1. The zero-order valence-electron chi connectivity index (χ0n) is 19.3. The van der Waals surface area contributed by atoms with Gasteiger partial charge < -0.3 is 15.4 Å². The van der Waals surface area contributed by atoms with Crippen LogP contribution in [0.15, 0.2) is 78.9 Å². The fraction of sp³-hybridized carbons (Fsp3) is 0.222. The average Bonchev–Trinajstić information content (AvgIpc) is 2.79. The van der Waals surface area contributed by atoms with Gasteiger partial charge in [0.1, 0.15) is 11.6 Å². The maximum Gasteiger partial charge on any atom is 0.408 e. The fourth-order valence-corrected chi connectivity index (χ4v) is 3.46. The largest absolute Gasteiger partial charge is 0.444 e. The molecular formula is C27H27ClN2O4. The average molecular weight is 479 g/mol. The van der Waals surface area contributed by atoms with Crippen LogP contribution in [0.4, 0.5) is 10.5 Å². The first-order chi connectivity index (χ1) is 16.1. The highest BCUT2D eigenvalue weighted by atomic mass is 35.5. The van der Waals surface area contributed by atoms with Crippen LogP contribution in [0, 0.1) is 0 Å². The second-order valence-corrected chi connectivity index (χ2v) is 9.20. The second kappa shape index (κ2) is 11.0. The Kier molecular flexibility index (Phi) is 8.08. The molecule has 6 nitrogen and oxygen atoms in total. The van der Waals surface area contributed by atoms with Crippen LogP contribution in [-0.4, -0.2) is 29.4 Å². The van der Waals surface area contributed by atoms with E-state index in [0.717, 1.165) is 5.56 Å². The van der Waals surface area contributed by atoms with Crippen molar-refractivity contribution in [3.63, 3.8) is 0 Å². The molecule has 1 unspecified atom stereocenters. The minimum Gasteiger partial charge on any atom is -0.444 e. The Morgan fingerprint density at radius 3 is 2.15 bits per heavy atom. The summed E-state index contributed by atoms with van der Waals surface area (Å²) < 4.78 is 5.34. The maximum atomic E-state index is 13.3. The van der Waals surface area contributed by atoms with Gasteiger partial charge in [0.15, 0.2) is 5.78 Å². The number of rotatable bonds is 7. The summed E-state index contributed by atoms with van der Waals surface area (Å²) in [7, 11) is 0. The van der Waals surface area contributed by atoms with Gasteiger partial charge >= 0.3 is 6.09 Å². The van der Waals surface area contributed by atoms with Crippen LogP contribution in [0.3, 0.4) is 0 Å². The number of anilines is 1. The SMILES string of the molecule is CC(C)(C)OC(=O)NC(Cc1ccccc1)C(=O)Nc1ccc(Cl)cc1C(=O)c1ccccc1. The van der Waals surface area contributed by atoms with E-state index in [9.17, 15) is 14.4 Å². The Labute approximate surface area is 204 Å². The van der Waals surface area contributed by atoms with E-state index in [4.69, 9.17) is 16.3 Å². The summed E-state index contributed by atoms with van der Waals surface area (Å²) in [5.74, 6) is -0.766. The molecule has 0 aliphatic carbocycles. The third kappa shape index (κ3) is 7.18. The first kappa shape index (κ1) is 25.0. The van der Waals surface area contributed by atoms with Crippen LogP contribution < -0.4 is 10.6 Å². The number of carbonyl (C=O) groups is 3. The van der Waals surface area contributed by atoms with Crippen molar-refractivity contribution in [1.82, 2.24) is 5.32 Å². The van der Waals surface area contributed by atoms with Crippen LogP contribution in [0.5, 0.6) is 0 Å². The molecule has 0 radical (unpaired) electrons. The lowest BCUT2D eigenvalue weighted by Crippen LogP contribution is -2.47. The molecule has 0 saturated carbocycles. The quantitative estimate of drug-likeness (QED) is 0.430. The Morgan fingerprint density at radius 1 is 0.912 bits per heavy atom. The number of alkyl carbamates (subject to hydrolysis) is 1. The van der Waals surface area contributed by atoms with Crippen molar-refractivity contribution in [2.45, 2.75) is 38.8 Å². The Hall–Kier alpha value is -3.64. The summed E-state index contributed by atoms with van der Waals surface area (Å²) in [4.78, 5) is 38.8. The summed E-state index contributed by atoms with van der Waals surface area (Å²) in [6.45, 7) is 5.23. The van der Waals surface area contributed by atoms with E-state index in [1.807, 2.05) is 36.4 Å². The molecule has 0 fully saturated rings. The number of carbonyl (C=O) groups excluding carboxylic acids is 3. The lowest BCUT2D eigenvalue weighted by molar-refractivity contribution is -0.118. The van der Waals surface area contributed by atoms with Crippen LogP contribution in [0.1, 0.15) is 42.3 Å². The Bertz CT molecular complexity index is 1160. The molecule has 34 heavy (non-hydrogen) atoms. The van der Waals surface area contributed by atoms with Crippen molar-refractivity contribution in [2.24, 2.45) is 0 Å². The van der Waals surface area contributed by atoms with Gasteiger partial charge in [-0.05, 0) is 44.5 Å². The first-order valence-electron chi connectivity index (χ1n) is 10.9. The predicted molar refractivity (Wildman–Crippen MR) is 133 cm³/mol. The molecule has 3 aromatic carbocycles. The van der Waals surface area contributed by atoms with Gasteiger partial charge in [-0.3, -0.25) is 9.59 Å². The van der Waals surface area contributed by atoms with E-state index >= 15 is 0 Å². The monoisotopic (exact) mass is 478 g/mol. The fourth-order valence-electron chi connectivity index (χ4n) is 3.29. The van der Waals surface area contributed by atoms with Gasteiger partial charge in [-0.1, -0.05) is 72.3 Å². The lowest BCUT2D eigenvalue weighted by Gasteiger charge is -2.24. The zero-order chi connectivity index (χ0) is 24.7. The van der Waals surface area contributed by atoms with Crippen LogP contribution in [0.25, 0.3) is 0 Å². The third-order valence-corrected chi connectivity index (χ3v) is 5.05. The van der Waals surface area contributed by atoms with Crippen molar-refractivity contribution < 1.29 is 19.1 Å². The van der Waals surface area contributed by atoms with Gasteiger partial charge in [0.05, 0.1) is 5.69 Å². The molecule has 1 atom stereocenters. The summed E-state index contributed by atoms with van der Waals surface area (Å²) >= 11 is 6.15.